The minimum absolute atomic E-state index is 0.0299. The van der Waals surface area contributed by atoms with Crippen molar-refractivity contribution in [1.82, 2.24) is 0 Å². The molecule has 0 N–H and O–H groups in total. The Bertz CT molecular complexity index is 743. The smallest absolute Gasteiger partial charge is 0.194 e. The van der Waals surface area contributed by atoms with Gasteiger partial charge in [-0.15, -0.1) is 0 Å². The third-order valence-corrected chi connectivity index (χ3v) is 5.26. The van der Waals surface area contributed by atoms with Crippen molar-refractivity contribution >= 4 is 24.6 Å². The summed E-state index contributed by atoms with van der Waals surface area (Å²) < 4.78 is 59.9. The minimum atomic E-state index is -3.77. The molecule has 0 saturated heterocycles. The van der Waals surface area contributed by atoms with Gasteiger partial charge in [0, 0.05) is 5.41 Å². The van der Waals surface area contributed by atoms with E-state index in [1.54, 1.807) is 0 Å². The molecule has 1 heterocycles. The Balaban J connectivity index is 2.71. The quantitative estimate of drug-likeness (QED) is 0.785. The van der Waals surface area contributed by atoms with Gasteiger partial charge in [-0.05, 0) is 17.7 Å². The molecule has 0 radical (unpaired) electrons. The molecule has 18 heavy (non-hydrogen) atoms. The van der Waals surface area contributed by atoms with E-state index in [4.69, 9.17) is 0 Å². The molecule has 2 rings (SSSR count). The number of sulfone groups is 2. The number of benzene rings is 1. The SMILES string of the molecule is O=S1(=O)C=CCS(=O)(=O)C(c2cccc(F)c2)=C1. The van der Waals surface area contributed by atoms with E-state index >= 15 is 0 Å². The fraction of sp³-hybridized carbons (Fsp3) is 0.0909. The lowest BCUT2D eigenvalue weighted by molar-refractivity contribution is 0.607. The molecule has 7 heteroatoms. The van der Waals surface area contributed by atoms with Crippen LogP contribution in [0.2, 0.25) is 0 Å². The van der Waals surface area contributed by atoms with Crippen LogP contribution >= 0.6 is 0 Å². The number of rotatable bonds is 1. The Morgan fingerprint density at radius 2 is 1.83 bits per heavy atom. The van der Waals surface area contributed by atoms with E-state index in [0.29, 0.717) is 5.41 Å². The molecule has 1 aromatic carbocycles. The first kappa shape index (κ1) is 13.0. The summed E-state index contributed by atoms with van der Waals surface area (Å²) in [4.78, 5) is -0.382. The molecule has 1 aromatic rings. The summed E-state index contributed by atoms with van der Waals surface area (Å²) >= 11 is 0. The lowest BCUT2D eigenvalue weighted by atomic mass is 10.2. The van der Waals surface area contributed by atoms with Crippen LogP contribution in [0.25, 0.3) is 4.91 Å². The van der Waals surface area contributed by atoms with Crippen molar-refractivity contribution < 1.29 is 21.2 Å². The van der Waals surface area contributed by atoms with E-state index in [-0.39, 0.29) is 10.5 Å². The molecule has 0 spiro atoms. The third kappa shape index (κ3) is 2.68. The predicted octanol–water partition coefficient (Wildman–Crippen LogP) is 1.48. The molecule has 0 aromatic heterocycles. The second kappa shape index (κ2) is 4.33. The lowest BCUT2D eigenvalue weighted by Crippen LogP contribution is -2.06. The van der Waals surface area contributed by atoms with Crippen LogP contribution in [0.5, 0.6) is 0 Å². The van der Waals surface area contributed by atoms with Crippen molar-refractivity contribution in [2.45, 2.75) is 0 Å². The van der Waals surface area contributed by atoms with E-state index in [9.17, 15) is 21.2 Å². The van der Waals surface area contributed by atoms with Crippen LogP contribution in [0.1, 0.15) is 5.56 Å². The van der Waals surface area contributed by atoms with Gasteiger partial charge in [0.2, 0.25) is 0 Å². The summed E-state index contributed by atoms with van der Waals surface area (Å²) in [7, 11) is -7.52. The van der Waals surface area contributed by atoms with E-state index in [0.717, 1.165) is 23.6 Å². The molecule has 1 aliphatic heterocycles. The average molecular weight is 288 g/mol. The summed E-state index contributed by atoms with van der Waals surface area (Å²) in [5, 5.41) is 1.48. The van der Waals surface area contributed by atoms with Crippen molar-refractivity contribution in [2.75, 3.05) is 5.75 Å². The van der Waals surface area contributed by atoms with Crippen molar-refractivity contribution in [3.05, 3.63) is 52.5 Å². The summed E-state index contributed by atoms with van der Waals surface area (Å²) in [6.45, 7) is 0. The first-order valence-corrected chi connectivity index (χ1v) is 8.18. The van der Waals surface area contributed by atoms with Gasteiger partial charge in [0.05, 0.1) is 16.1 Å². The molecule has 0 fully saturated rings. The normalized spacial score (nSPS) is 21.1. The zero-order valence-electron chi connectivity index (χ0n) is 9.08. The minimum Gasteiger partial charge on any atom is -0.223 e. The van der Waals surface area contributed by atoms with Gasteiger partial charge in [-0.25, -0.2) is 21.2 Å². The van der Waals surface area contributed by atoms with Crippen LogP contribution in [0.4, 0.5) is 4.39 Å². The van der Waals surface area contributed by atoms with Gasteiger partial charge in [0.1, 0.15) is 5.82 Å². The molecule has 0 unspecified atom stereocenters. The summed E-state index contributed by atoms with van der Waals surface area (Å²) in [6, 6.07) is 4.82. The Kier molecular flexibility index (Phi) is 3.12. The van der Waals surface area contributed by atoms with Crippen LogP contribution < -0.4 is 0 Å². The Morgan fingerprint density at radius 1 is 1.11 bits per heavy atom. The first-order valence-electron chi connectivity index (χ1n) is 4.92. The van der Waals surface area contributed by atoms with Crippen molar-refractivity contribution in [2.24, 2.45) is 0 Å². The van der Waals surface area contributed by atoms with E-state index in [1.165, 1.54) is 12.1 Å². The third-order valence-electron chi connectivity index (χ3n) is 2.32. The van der Waals surface area contributed by atoms with E-state index in [1.807, 2.05) is 0 Å². The second-order valence-corrected chi connectivity index (χ2v) is 7.42. The van der Waals surface area contributed by atoms with Gasteiger partial charge in [-0.3, -0.25) is 0 Å². The van der Waals surface area contributed by atoms with Gasteiger partial charge in [-0.1, -0.05) is 18.2 Å². The Morgan fingerprint density at radius 3 is 2.50 bits per heavy atom. The molecular weight excluding hydrogens is 279 g/mol. The fourth-order valence-electron chi connectivity index (χ4n) is 1.54. The highest BCUT2D eigenvalue weighted by molar-refractivity contribution is 8.04. The van der Waals surface area contributed by atoms with Gasteiger partial charge < -0.3 is 0 Å². The fourth-order valence-corrected chi connectivity index (χ4v) is 4.54. The highest BCUT2D eigenvalue weighted by Gasteiger charge is 2.24. The maximum Gasteiger partial charge on any atom is 0.194 e. The van der Waals surface area contributed by atoms with Crippen LogP contribution in [-0.2, 0) is 19.7 Å². The topological polar surface area (TPSA) is 68.3 Å². The van der Waals surface area contributed by atoms with E-state index in [2.05, 4.69) is 0 Å². The van der Waals surface area contributed by atoms with Gasteiger partial charge in [-0.2, -0.15) is 0 Å². The molecule has 96 valence electrons. The number of hydrogen-bond acceptors (Lipinski definition) is 4. The first-order chi connectivity index (χ1) is 8.30. The number of hydrogen-bond donors (Lipinski definition) is 0. The highest BCUT2D eigenvalue weighted by Crippen LogP contribution is 2.26. The zero-order chi connectivity index (χ0) is 13.4. The molecule has 0 atom stereocenters. The van der Waals surface area contributed by atoms with Crippen molar-refractivity contribution in [1.29, 1.82) is 0 Å². The number of halogens is 1. The molecular formula is C11H9FO4S2. The predicted molar refractivity (Wildman–Crippen MR) is 66.2 cm³/mol. The van der Waals surface area contributed by atoms with Gasteiger partial charge in [0.25, 0.3) is 0 Å². The summed E-state index contributed by atoms with van der Waals surface area (Å²) in [5.74, 6) is -1.05. The van der Waals surface area contributed by atoms with Crippen LogP contribution in [0.3, 0.4) is 0 Å². The summed E-state index contributed by atoms with van der Waals surface area (Å²) in [6.07, 6.45) is 1.06. The average Bonchev–Trinajstić information content (AvgIpc) is 2.35. The maximum atomic E-state index is 13.1. The Labute approximate surface area is 104 Å². The van der Waals surface area contributed by atoms with Crippen LogP contribution in [-0.4, -0.2) is 22.6 Å². The molecule has 0 bridgehead atoms. The molecule has 4 nitrogen and oxygen atoms in total. The monoisotopic (exact) mass is 288 g/mol. The molecule has 0 saturated carbocycles. The highest BCUT2D eigenvalue weighted by atomic mass is 32.2. The maximum absolute atomic E-state index is 13.1. The lowest BCUT2D eigenvalue weighted by Gasteiger charge is -2.06. The van der Waals surface area contributed by atoms with Crippen LogP contribution in [0.15, 0.2) is 41.2 Å². The van der Waals surface area contributed by atoms with Crippen molar-refractivity contribution in [3.63, 3.8) is 0 Å². The van der Waals surface area contributed by atoms with Gasteiger partial charge >= 0.3 is 0 Å². The van der Waals surface area contributed by atoms with Crippen molar-refractivity contribution in [3.8, 4) is 0 Å². The standard InChI is InChI=1S/C11H9FO4S2/c12-10-4-1-3-9(7-10)11-8-17(13,14)5-2-6-18(11,15)16/h1-5,7-8H,6H2. The van der Waals surface area contributed by atoms with Gasteiger partial charge in [0.15, 0.2) is 19.7 Å². The molecule has 1 aliphatic rings. The Hall–Kier alpha value is -1.47. The summed E-state index contributed by atoms with van der Waals surface area (Å²) in [5.41, 5.74) is 0.0299. The van der Waals surface area contributed by atoms with E-state index < -0.39 is 31.2 Å². The molecule has 0 aliphatic carbocycles. The second-order valence-electron chi connectivity index (χ2n) is 3.73. The van der Waals surface area contributed by atoms with Crippen LogP contribution in [0, 0.1) is 5.82 Å². The molecule has 0 amide bonds. The zero-order valence-corrected chi connectivity index (χ0v) is 10.7. The largest absolute Gasteiger partial charge is 0.223 e.